The SMILES string of the molecule is C[C@H](N)C(=O)NCCC[C@H](N)C(=O)O. The molecule has 2 atom stereocenters. The number of carboxylic acids is 1. The molecule has 82 valence electrons. The molecule has 14 heavy (non-hydrogen) atoms. The Morgan fingerprint density at radius 2 is 2.00 bits per heavy atom. The first-order chi connectivity index (χ1) is 6.45. The Morgan fingerprint density at radius 3 is 2.43 bits per heavy atom. The molecule has 0 spiro atoms. The van der Waals surface area contributed by atoms with E-state index in [4.69, 9.17) is 16.6 Å². The van der Waals surface area contributed by atoms with Gasteiger partial charge in [-0.05, 0) is 19.8 Å². The summed E-state index contributed by atoms with van der Waals surface area (Å²) in [6.45, 7) is 1.99. The zero-order valence-electron chi connectivity index (χ0n) is 8.19. The van der Waals surface area contributed by atoms with Gasteiger partial charge in [0, 0.05) is 6.54 Å². The number of nitrogens with two attached hydrogens (primary N) is 2. The van der Waals surface area contributed by atoms with Gasteiger partial charge in [-0.2, -0.15) is 0 Å². The van der Waals surface area contributed by atoms with Crippen LogP contribution in [-0.2, 0) is 9.59 Å². The van der Waals surface area contributed by atoms with Crippen molar-refractivity contribution in [3.05, 3.63) is 0 Å². The summed E-state index contributed by atoms with van der Waals surface area (Å²) in [6, 6.07) is -1.40. The number of carboxylic acid groups (broad SMARTS) is 1. The summed E-state index contributed by atoms with van der Waals surface area (Å²) < 4.78 is 0. The lowest BCUT2D eigenvalue weighted by Crippen LogP contribution is -2.39. The fourth-order valence-electron chi connectivity index (χ4n) is 0.818. The molecule has 6 N–H and O–H groups in total. The Morgan fingerprint density at radius 1 is 1.43 bits per heavy atom. The highest BCUT2D eigenvalue weighted by Crippen LogP contribution is 1.93. The highest BCUT2D eigenvalue weighted by Gasteiger charge is 2.11. The van der Waals surface area contributed by atoms with E-state index in [-0.39, 0.29) is 5.91 Å². The van der Waals surface area contributed by atoms with E-state index in [9.17, 15) is 9.59 Å². The minimum Gasteiger partial charge on any atom is -0.480 e. The van der Waals surface area contributed by atoms with Crippen LogP contribution in [0.1, 0.15) is 19.8 Å². The van der Waals surface area contributed by atoms with Gasteiger partial charge in [-0.15, -0.1) is 0 Å². The molecule has 0 fully saturated rings. The molecule has 0 bridgehead atoms. The lowest BCUT2D eigenvalue weighted by atomic mass is 10.2. The van der Waals surface area contributed by atoms with Crippen LogP contribution >= 0.6 is 0 Å². The molecule has 0 saturated carbocycles. The van der Waals surface area contributed by atoms with E-state index in [2.05, 4.69) is 5.32 Å². The average Bonchev–Trinajstić information content (AvgIpc) is 2.11. The number of carbonyl (C=O) groups excluding carboxylic acids is 1. The predicted molar refractivity (Wildman–Crippen MR) is 51.5 cm³/mol. The molecule has 0 aromatic rings. The van der Waals surface area contributed by atoms with Crippen molar-refractivity contribution >= 4 is 11.9 Å². The van der Waals surface area contributed by atoms with Crippen LogP contribution in [0, 0.1) is 0 Å². The second-order valence-electron chi connectivity index (χ2n) is 3.17. The maximum absolute atomic E-state index is 10.9. The molecule has 0 aliphatic heterocycles. The van der Waals surface area contributed by atoms with E-state index in [0.717, 1.165) is 0 Å². The van der Waals surface area contributed by atoms with E-state index < -0.39 is 18.1 Å². The maximum Gasteiger partial charge on any atom is 0.320 e. The van der Waals surface area contributed by atoms with Crippen LogP contribution in [0.4, 0.5) is 0 Å². The summed E-state index contributed by atoms with van der Waals surface area (Å²) in [5.74, 6) is -1.27. The number of hydrogen-bond acceptors (Lipinski definition) is 4. The topological polar surface area (TPSA) is 118 Å². The molecular formula is C8H17N3O3. The fraction of sp³-hybridized carbons (Fsp3) is 0.750. The van der Waals surface area contributed by atoms with Gasteiger partial charge in [0.05, 0.1) is 6.04 Å². The van der Waals surface area contributed by atoms with Crippen molar-refractivity contribution in [2.24, 2.45) is 11.5 Å². The third-order valence-electron chi connectivity index (χ3n) is 1.72. The molecular weight excluding hydrogens is 186 g/mol. The minimum absolute atomic E-state index is 0.242. The molecule has 6 nitrogen and oxygen atoms in total. The van der Waals surface area contributed by atoms with Crippen LogP contribution in [0.25, 0.3) is 0 Å². The van der Waals surface area contributed by atoms with Crippen LogP contribution < -0.4 is 16.8 Å². The molecule has 0 unspecified atom stereocenters. The molecule has 6 heteroatoms. The Labute approximate surface area is 82.6 Å². The van der Waals surface area contributed by atoms with Gasteiger partial charge in [0.1, 0.15) is 6.04 Å². The monoisotopic (exact) mass is 203 g/mol. The lowest BCUT2D eigenvalue weighted by molar-refractivity contribution is -0.138. The van der Waals surface area contributed by atoms with E-state index >= 15 is 0 Å². The second-order valence-corrected chi connectivity index (χ2v) is 3.17. The minimum atomic E-state index is -1.02. The zero-order valence-corrected chi connectivity index (χ0v) is 8.19. The summed E-state index contributed by atoms with van der Waals surface area (Å²) in [5, 5.41) is 11.0. The zero-order chi connectivity index (χ0) is 11.1. The van der Waals surface area contributed by atoms with Gasteiger partial charge in [-0.3, -0.25) is 9.59 Å². The maximum atomic E-state index is 10.9. The molecule has 1 amide bonds. The standard InChI is InChI=1S/C8H17N3O3/c1-5(9)7(12)11-4-2-3-6(10)8(13)14/h5-6H,2-4,9-10H2,1H3,(H,11,12)(H,13,14)/t5-,6-/m0/s1. The largest absolute Gasteiger partial charge is 0.480 e. The molecule has 0 heterocycles. The Bertz CT molecular complexity index is 206. The number of hydrogen-bond donors (Lipinski definition) is 4. The molecule has 0 radical (unpaired) electrons. The quantitative estimate of drug-likeness (QED) is 0.398. The van der Waals surface area contributed by atoms with E-state index in [1.165, 1.54) is 0 Å². The van der Waals surface area contributed by atoms with Gasteiger partial charge in [0.2, 0.25) is 5.91 Å². The van der Waals surface area contributed by atoms with Crippen molar-refractivity contribution in [1.29, 1.82) is 0 Å². The van der Waals surface area contributed by atoms with Gasteiger partial charge in [0.15, 0.2) is 0 Å². The normalized spacial score (nSPS) is 14.5. The van der Waals surface area contributed by atoms with Gasteiger partial charge in [-0.1, -0.05) is 0 Å². The lowest BCUT2D eigenvalue weighted by Gasteiger charge is -2.08. The fourth-order valence-corrected chi connectivity index (χ4v) is 0.818. The first kappa shape index (κ1) is 12.9. The van der Waals surface area contributed by atoms with Crippen LogP contribution in [0.2, 0.25) is 0 Å². The van der Waals surface area contributed by atoms with Crippen molar-refractivity contribution in [3.8, 4) is 0 Å². The van der Waals surface area contributed by atoms with Crippen molar-refractivity contribution in [1.82, 2.24) is 5.32 Å². The van der Waals surface area contributed by atoms with Gasteiger partial charge >= 0.3 is 5.97 Å². The first-order valence-corrected chi connectivity index (χ1v) is 4.47. The van der Waals surface area contributed by atoms with Crippen molar-refractivity contribution in [2.45, 2.75) is 31.8 Å². The predicted octanol–water partition coefficient (Wildman–Crippen LogP) is -1.36. The molecule has 0 aromatic heterocycles. The Kier molecular flexibility index (Phi) is 5.82. The highest BCUT2D eigenvalue weighted by atomic mass is 16.4. The molecule has 0 aliphatic rings. The van der Waals surface area contributed by atoms with Gasteiger partial charge < -0.3 is 21.9 Å². The Hall–Kier alpha value is -1.14. The molecule has 0 saturated heterocycles. The molecule has 0 aromatic carbocycles. The third-order valence-corrected chi connectivity index (χ3v) is 1.72. The Balaban J connectivity index is 3.47. The summed E-state index contributed by atoms with van der Waals surface area (Å²) in [4.78, 5) is 21.2. The summed E-state index contributed by atoms with van der Waals surface area (Å²) in [7, 11) is 0. The van der Waals surface area contributed by atoms with E-state index in [0.29, 0.717) is 19.4 Å². The van der Waals surface area contributed by atoms with E-state index in [1.807, 2.05) is 0 Å². The van der Waals surface area contributed by atoms with Crippen LogP contribution in [0.15, 0.2) is 0 Å². The number of aliphatic carboxylic acids is 1. The van der Waals surface area contributed by atoms with Crippen molar-refractivity contribution < 1.29 is 14.7 Å². The van der Waals surface area contributed by atoms with Crippen LogP contribution in [-0.4, -0.2) is 35.6 Å². The average molecular weight is 203 g/mol. The van der Waals surface area contributed by atoms with Crippen molar-refractivity contribution in [3.63, 3.8) is 0 Å². The third kappa shape index (κ3) is 5.50. The number of nitrogens with one attached hydrogen (secondary N) is 1. The van der Waals surface area contributed by atoms with Gasteiger partial charge in [0.25, 0.3) is 0 Å². The van der Waals surface area contributed by atoms with Crippen LogP contribution in [0.3, 0.4) is 0 Å². The number of amides is 1. The second kappa shape index (κ2) is 6.33. The smallest absolute Gasteiger partial charge is 0.320 e. The van der Waals surface area contributed by atoms with Crippen molar-refractivity contribution in [2.75, 3.05) is 6.54 Å². The number of rotatable bonds is 6. The van der Waals surface area contributed by atoms with Gasteiger partial charge in [-0.25, -0.2) is 0 Å². The summed E-state index contributed by atoms with van der Waals surface area (Å²) in [5.41, 5.74) is 10.6. The molecule has 0 rings (SSSR count). The summed E-state index contributed by atoms with van der Waals surface area (Å²) in [6.07, 6.45) is 0.875. The van der Waals surface area contributed by atoms with Crippen LogP contribution in [0.5, 0.6) is 0 Å². The van der Waals surface area contributed by atoms with E-state index in [1.54, 1.807) is 6.92 Å². The number of carbonyl (C=O) groups is 2. The highest BCUT2D eigenvalue weighted by molar-refractivity contribution is 5.80. The molecule has 0 aliphatic carbocycles. The summed E-state index contributed by atoms with van der Waals surface area (Å²) >= 11 is 0. The first-order valence-electron chi connectivity index (χ1n) is 4.47.